The van der Waals surface area contributed by atoms with Gasteiger partial charge in [0.1, 0.15) is 0 Å². The smallest absolute Gasteiger partial charge is 0.870 e. The SMILES string of the molecule is COC(=O)N(CCOCCNc1ccnc2cc(Cl)ccc12)CCOCCNc1ccnc2cc(Cl)ccc12.Clc1ccc2c(NCCOCCNCCOCCNc3ccnc4cc(Cl)ccc34)ccnc2c1.[K+].[OH-]. The van der Waals surface area contributed by atoms with Crippen LogP contribution in [0.25, 0.3) is 43.6 Å². The van der Waals surface area contributed by atoms with Gasteiger partial charge in [0.2, 0.25) is 0 Å². The molecule has 4 aromatic heterocycles. The molecule has 6 N–H and O–H groups in total. The summed E-state index contributed by atoms with van der Waals surface area (Å²) < 4.78 is 27.8. The molecule has 0 spiro atoms. The van der Waals surface area contributed by atoms with Gasteiger partial charge >= 0.3 is 57.5 Å². The van der Waals surface area contributed by atoms with Crippen molar-refractivity contribution in [3.8, 4) is 0 Å². The first-order chi connectivity index (χ1) is 36.2. The van der Waals surface area contributed by atoms with Gasteiger partial charge in [0.15, 0.2) is 0 Å². The number of anilines is 4. The van der Waals surface area contributed by atoms with Crippen molar-refractivity contribution in [3.05, 3.63) is 142 Å². The van der Waals surface area contributed by atoms with E-state index >= 15 is 0 Å². The van der Waals surface area contributed by atoms with Gasteiger partial charge < -0.3 is 60.6 Å². The first-order valence-electron chi connectivity index (χ1n) is 24.2. The van der Waals surface area contributed by atoms with E-state index < -0.39 is 6.09 Å². The van der Waals surface area contributed by atoms with E-state index in [2.05, 4.69) is 46.5 Å². The molecule has 0 aliphatic heterocycles. The Bertz CT molecular complexity index is 2850. The van der Waals surface area contributed by atoms with Gasteiger partial charge in [-0.05, 0) is 97.1 Å². The van der Waals surface area contributed by atoms with E-state index in [0.29, 0.717) is 99.1 Å². The minimum atomic E-state index is -0.415. The van der Waals surface area contributed by atoms with E-state index in [1.165, 1.54) is 7.11 Å². The number of benzene rings is 4. The van der Waals surface area contributed by atoms with Crippen LogP contribution in [-0.4, -0.2) is 149 Å². The van der Waals surface area contributed by atoms with Crippen LogP contribution < -0.4 is 78.0 Å². The number of nitrogens with one attached hydrogen (secondary N) is 5. The molecule has 398 valence electrons. The molecule has 0 atom stereocenters. The van der Waals surface area contributed by atoms with Crippen molar-refractivity contribution >= 4 is 119 Å². The number of methoxy groups -OCH3 is 1. The van der Waals surface area contributed by atoms with Crippen LogP contribution in [0, 0.1) is 0 Å². The summed E-state index contributed by atoms with van der Waals surface area (Å²) in [4.78, 5) is 31.1. The first kappa shape index (κ1) is 62.4. The predicted molar refractivity (Wildman–Crippen MR) is 303 cm³/mol. The summed E-state index contributed by atoms with van der Waals surface area (Å²) in [5.41, 5.74) is 7.40. The monoisotopic (exact) mass is 1140 g/mol. The third-order valence-electron chi connectivity index (χ3n) is 11.4. The average molecular weight is 1140 g/mol. The van der Waals surface area contributed by atoms with Crippen molar-refractivity contribution in [1.82, 2.24) is 30.2 Å². The Hall–Kier alpha value is -4.45. The third kappa shape index (κ3) is 20.1. The first-order valence-corrected chi connectivity index (χ1v) is 25.7. The van der Waals surface area contributed by atoms with Crippen LogP contribution in [0.2, 0.25) is 20.1 Å². The fourth-order valence-electron chi connectivity index (χ4n) is 7.73. The Labute approximate surface area is 505 Å². The van der Waals surface area contributed by atoms with Gasteiger partial charge in [-0.15, -0.1) is 0 Å². The molecule has 0 bridgehead atoms. The van der Waals surface area contributed by atoms with Crippen LogP contribution in [-0.2, 0) is 23.7 Å². The van der Waals surface area contributed by atoms with Gasteiger partial charge in [-0.3, -0.25) is 19.9 Å². The van der Waals surface area contributed by atoms with Crippen LogP contribution in [0.15, 0.2) is 122 Å². The third-order valence-corrected chi connectivity index (χ3v) is 12.3. The second-order valence-electron chi connectivity index (χ2n) is 16.4. The molecule has 8 rings (SSSR count). The van der Waals surface area contributed by atoms with Crippen LogP contribution in [0.3, 0.4) is 0 Å². The van der Waals surface area contributed by atoms with Gasteiger partial charge in [0.25, 0.3) is 0 Å². The molecule has 0 fully saturated rings. The van der Waals surface area contributed by atoms with Crippen molar-refractivity contribution in [2.75, 3.05) is 134 Å². The quantitative estimate of drug-likeness (QED) is 0.0234. The molecule has 4 aromatic carbocycles. The number of hydrogen-bond donors (Lipinski definition) is 5. The number of ether oxygens (including phenoxy) is 5. The number of amides is 1. The maximum absolute atomic E-state index is 12.2. The van der Waals surface area contributed by atoms with Crippen molar-refractivity contribution in [3.63, 3.8) is 0 Å². The van der Waals surface area contributed by atoms with Crippen molar-refractivity contribution in [2.24, 2.45) is 0 Å². The number of carbonyl (C=O) groups is 1. The summed E-state index contributed by atoms with van der Waals surface area (Å²) in [6.07, 6.45) is 6.63. The fourth-order valence-corrected chi connectivity index (χ4v) is 8.39. The largest absolute Gasteiger partial charge is 1.00 e. The predicted octanol–water partition coefficient (Wildman–Crippen LogP) is 7.78. The molecule has 0 radical (unpaired) electrons. The van der Waals surface area contributed by atoms with Gasteiger partial charge in [0.05, 0.1) is 82.0 Å². The molecule has 0 aliphatic rings. The molecular formula is C54H61Cl4KN10O7. The Morgan fingerprint density at radius 1 is 0.434 bits per heavy atom. The zero-order valence-corrected chi connectivity index (χ0v) is 48.7. The van der Waals surface area contributed by atoms with Crippen LogP contribution in [0.4, 0.5) is 27.5 Å². The minimum absolute atomic E-state index is 0. The zero-order chi connectivity index (χ0) is 51.7. The summed E-state index contributed by atoms with van der Waals surface area (Å²) in [6, 6.07) is 30.4. The number of hydrogen-bond acceptors (Lipinski definition) is 16. The number of halogens is 4. The number of rotatable bonds is 28. The molecule has 8 aromatic rings. The molecule has 0 saturated heterocycles. The Kier molecular flexibility index (Phi) is 28.3. The molecule has 0 saturated carbocycles. The minimum Gasteiger partial charge on any atom is -0.870 e. The number of fused-ring (bicyclic) bond motifs is 4. The van der Waals surface area contributed by atoms with E-state index in [1.807, 2.05) is 97.1 Å². The van der Waals surface area contributed by atoms with E-state index in [0.717, 1.165) is 92.5 Å². The number of carbonyl (C=O) groups excluding carboxylic acids is 1. The van der Waals surface area contributed by atoms with Gasteiger partial charge in [-0.1, -0.05) is 46.4 Å². The summed E-state index contributed by atoms with van der Waals surface area (Å²) in [5.74, 6) is 0. The van der Waals surface area contributed by atoms with E-state index in [-0.39, 0.29) is 56.9 Å². The van der Waals surface area contributed by atoms with Crippen LogP contribution in [0.1, 0.15) is 0 Å². The number of pyridine rings is 4. The van der Waals surface area contributed by atoms with Gasteiger partial charge in [0, 0.05) is 142 Å². The summed E-state index contributed by atoms with van der Waals surface area (Å²) in [7, 11) is 1.36. The van der Waals surface area contributed by atoms with E-state index in [9.17, 15) is 4.79 Å². The number of nitrogens with zero attached hydrogens (tertiary/aromatic N) is 5. The summed E-state index contributed by atoms with van der Waals surface area (Å²) in [6.45, 7) is 9.27. The Morgan fingerprint density at radius 3 is 1.00 bits per heavy atom. The Balaban J connectivity index is 0.000000275. The second kappa shape index (κ2) is 34.4. The van der Waals surface area contributed by atoms with Gasteiger partial charge in [-0.25, -0.2) is 4.79 Å². The normalized spacial score (nSPS) is 10.9. The van der Waals surface area contributed by atoms with Crippen LogP contribution in [0.5, 0.6) is 0 Å². The molecule has 22 heteroatoms. The van der Waals surface area contributed by atoms with Gasteiger partial charge in [-0.2, -0.15) is 0 Å². The standard InChI is InChI=1S/C28H31Cl2N5O4.C26H29Cl2N5O2.K.H2O/c1-37-28(36)35(12-16-38-14-10-33-24-6-8-31-26-18-20(29)2-4-22(24)26)13-17-39-15-11-34-25-7-9-32-27-19-21(30)3-5-23(25)27;27-19-1-3-21-23(5-7-30-25(21)17-19)32-11-15-34-13-9-29-10-14-35-16-12-33-24-6-8-31-26-18-20(28)2-4-22(24)26;;/h2-9,18-19H,10-17H2,1H3,(H,31,33)(H,32,34);1-8,17-18,29H,9-16H2,(H,30,32)(H,31,33);;1H2/q;;+1;/p-1. The fraction of sp³-hybridized carbons (Fsp3) is 0.315. The van der Waals surface area contributed by atoms with Crippen LogP contribution >= 0.6 is 46.4 Å². The topological polar surface area (TPSA) is 208 Å². The summed E-state index contributed by atoms with van der Waals surface area (Å²) in [5, 5.41) is 23.6. The molecule has 0 aliphatic carbocycles. The summed E-state index contributed by atoms with van der Waals surface area (Å²) >= 11 is 24.2. The van der Waals surface area contributed by atoms with Crippen molar-refractivity contribution < 1.29 is 85.3 Å². The van der Waals surface area contributed by atoms with E-state index in [1.54, 1.807) is 29.7 Å². The molecule has 0 unspecified atom stereocenters. The number of aromatic nitrogens is 4. The molecule has 76 heavy (non-hydrogen) atoms. The van der Waals surface area contributed by atoms with Crippen molar-refractivity contribution in [1.29, 1.82) is 0 Å². The molecule has 4 heterocycles. The van der Waals surface area contributed by atoms with E-state index in [4.69, 9.17) is 70.1 Å². The molecule has 1 amide bonds. The zero-order valence-electron chi connectivity index (χ0n) is 42.5. The molecular weight excluding hydrogens is 1080 g/mol. The second-order valence-corrected chi connectivity index (χ2v) is 18.2. The Morgan fingerprint density at radius 2 is 0.711 bits per heavy atom. The maximum Gasteiger partial charge on any atom is 1.00 e. The van der Waals surface area contributed by atoms with Crippen molar-refractivity contribution in [2.45, 2.75) is 0 Å². The average Bonchev–Trinajstić information content (AvgIpc) is 3.40. The molecule has 17 nitrogen and oxygen atoms in total. The maximum atomic E-state index is 12.2.